The van der Waals surface area contributed by atoms with E-state index in [-0.39, 0.29) is 11.8 Å². The minimum absolute atomic E-state index is 0.0299. The van der Waals surface area contributed by atoms with Crippen molar-refractivity contribution in [1.82, 2.24) is 0 Å². The molecule has 1 saturated carbocycles. The van der Waals surface area contributed by atoms with Crippen LogP contribution in [-0.4, -0.2) is 17.0 Å². The molecule has 0 unspecified atom stereocenters. The number of nitro groups is 1. The van der Waals surface area contributed by atoms with E-state index in [2.05, 4.69) is 6.08 Å². The van der Waals surface area contributed by atoms with E-state index in [4.69, 9.17) is 4.74 Å². The number of non-ortho nitro benzene ring substituents is 1. The summed E-state index contributed by atoms with van der Waals surface area (Å²) in [5, 5.41) is 10.6. The van der Waals surface area contributed by atoms with Crippen molar-refractivity contribution in [2.24, 2.45) is 11.8 Å². The van der Waals surface area contributed by atoms with Crippen LogP contribution in [0.25, 0.3) is 0 Å². The van der Waals surface area contributed by atoms with Crippen LogP contribution in [0, 0.1) is 22.0 Å². The molecule has 5 nitrogen and oxygen atoms in total. The molecule has 0 heterocycles. The predicted octanol–water partition coefficient (Wildman–Crippen LogP) is 3.11. The van der Waals surface area contributed by atoms with Crippen LogP contribution in [0.2, 0.25) is 0 Å². The Labute approximate surface area is 116 Å². The van der Waals surface area contributed by atoms with E-state index in [1.54, 1.807) is 0 Å². The molecule has 1 aromatic carbocycles. The highest BCUT2D eigenvalue weighted by Crippen LogP contribution is 2.39. The van der Waals surface area contributed by atoms with Gasteiger partial charge in [-0.25, -0.2) is 4.79 Å². The molecule has 3 rings (SSSR count). The highest BCUT2D eigenvalue weighted by Gasteiger charge is 2.34. The molecule has 0 aliphatic heterocycles. The fraction of sp³-hybridized carbons (Fsp3) is 0.400. The smallest absolute Gasteiger partial charge is 0.338 e. The fourth-order valence-electron chi connectivity index (χ4n) is 3.00. The quantitative estimate of drug-likeness (QED) is 0.367. The molecule has 20 heavy (non-hydrogen) atoms. The van der Waals surface area contributed by atoms with Crippen molar-refractivity contribution in [3.05, 3.63) is 52.1 Å². The number of benzene rings is 1. The summed E-state index contributed by atoms with van der Waals surface area (Å²) in [6, 6.07) is 5.51. The number of esters is 1. The number of carbonyl (C=O) groups is 1. The lowest BCUT2D eigenvalue weighted by molar-refractivity contribution is -0.384. The topological polar surface area (TPSA) is 69.4 Å². The Hall–Kier alpha value is -2.17. The van der Waals surface area contributed by atoms with Crippen LogP contribution in [-0.2, 0) is 4.74 Å². The zero-order chi connectivity index (χ0) is 14.1. The molecular weight excluding hydrogens is 258 g/mol. The molecule has 5 heteroatoms. The van der Waals surface area contributed by atoms with Crippen LogP contribution in [0.1, 0.15) is 29.6 Å². The highest BCUT2D eigenvalue weighted by molar-refractivity contribution is 5.89. The standard InChI is InChI=1S/C15H15NO4/c17-15(11-4-6-13(7-5-11)16(18)19)20-14-8-2-10-1-3-12(14)9-10/h2,4-8,10,12,14H,1,3,9H2/t10-,12-,14+/m1/s1. The third-order valence-electron chi connectivity index (χ3n) is 4.11. The summed E-state index contributed by atoms with van der Waals surface area (Å²) in [4.78, 5) is 22.1. The van der Waals surface area contributed by atoms with Crippen molar-refractivity contribution in [3.63, 3.8) is 0 Å². The lowest BCUT2D eigenvalue weighted by atomic mass is 9.93. The Morgan fingerprint density at radius 2 is 1.95 bits per heavy atom. The van der Waals surface area contributed by atoms with E-state index in [0.29, 0.717) is 17.4 Å². The maximum atomic E-state index is 12.0. The van der Waals surface area contributed by atoms with E-state index in [9.17, 15) is 14.9 Å². The molecule has 0 aromatic heterocycles. The minimum atomic E-state index is -0.488. The van der Waals surface area contributed by atoms with Crippen molar-refractivity contribution in [3.8, 4) is 0 Å². The van der Waals surface area contributed by atoms with E-state index in [0.717, 1.165) is 12.8 Å². The molecule has 2 bridgehead atoms. The average Bonchev–Trinajstić information content (AvgIpc) is 2.85. The van der Waals surface area contributed by atoms with E-state index in [1.807, 2.05) is 6.08 Å². The van der Waals surface area contributed by atoms with Gasteiger partial charge in [-0.3, -0.25) is 10.1 Å². The Bertz CT molecular complexity index is 564. The van der Waals surface area contributed by atoms with Crippen LogP contribution in [0.5, 0.6) is 0 Å². The van der Waals surface area contributed by atoms with Crippen LogP contribution in [0.4, 0.5) is 5.69 Å². The van der Waals surface area contributed by atoms with Crippen LogP contribution >= 0.6 is 0 Å². The summed E-state index contributed by atoms with van der Waals surface area (Å²) < 4.78 is 5.51. The van der Waals surface area contributed by atoms with Crippen molar-refractivity contribution < 1.29 is 14.5 Å². The number of nitro benzene ring substituents is 1. The molecule has 2 aliphatic carbocycles. The summed E-state index contributed by atoms with van der Waals surface area (Å²) in [6.45, 7) is 0. The third kappa shape index (κ3) is 2.43. The van der Waals surface area contributed by atoms with Crippen LogP contribution in [0.3, 0.4) is 0 Å². The van der Waals surface area contributed by atoms with Gasteiger partial charge in [0.05, 0.1) is 10.5 Å². The number of nitrogens with zero attached hydrogens (tertiary/aromatic N) is 1. The molecule has 0 amide bonds. The van der Waals surface area contributed by atoms with Gasteiger partial charge in [0, 0.05) is 18.1 Å². The number of rotatable bonds is 3. The molecular formula is C15H15NO4. The first-order chi connectivity index (χ1) is 9.63. The van der Waals surface area contributed by atoms with Gasteiger partial charge in [0.2, 0.25) is 0 Å². The highest BCUT2D eigenvalue weighted by atomic mass is 16.6. The van der Waals surface area contributed by atoms with Gasteiger partial charge in [0.1, 0.15) is 6.10 Å². The Balaban J connectivity index is 1.68. The van der Waals surface area contributed by atoms with E-state index >= 15 is 0 Å². The zero-order valence-electron chi connectivity index (χ0n) is 10.9. The number of hydrogen-bond acceptors (Lipinski definition) is 4. The van der Waals surface area contributed by atoms with Crippen molar-refractivity contribution in [2.75, 3.05) is 0 Å². The number of allylic oxidation sites excluding steroid dienone is 1. The minimum Gasteiger partial charge on any atom is -0.454 e. The lowest BCUT2D eigenvalue weighted by Crippen LogP contribution is -2.25. The molecule has 104 valence electrons. The van der Waals surface area contributed by atoms with E-state index < -0.39 is 10.9 Å². The Kier molecular flexibility index (Phi) is 3.26. The average molecular weight is 273 g/mol. The largest absolute Gasteiger partial charge is 0.454 e. The second-order valence-corrected chi connectivity index (χ2v) is 5.39. The maximum absolute atomic E-state index is 12.0. The van der Waals surface area contributed by atoms with Gasteiger partial charge in [0.25, 0.3) is 5.69 Å². The van der Waals surface area contributed by atoms with Crippen LogP contribution < -0.4 is 0 Å². The summed E-state index contributed by atoms with van der Waals surface area (Å²) >= 11 is 0. The van der Waals surface area contributed by atoms with Crippen molar-refractivity contribution in [2.45, 2.75) is 25.4 Å². The fourth-order valence-corrected chi connectivity index (χ4v) is 3.00. The van der Waals surface area contributed by atoms with Crippen molar-refractivity contribution >= 4 is 11.7 Å². The first kappa shape index (κ1) is 12.8. The molecule has 0 spiro atoms. The molecule has 2 aliphatic rings. The SMILES string of the molecule is O=C(O[C@H]1C=C[C@H]2CC[C@@H]1C2)c1ccc([N+](=O)[O-])cc1. The molecule has 0 N–H and O–H groups in total. The predicted molar refractivity (Wildman–Crippen MR) is 72.3 cm³/mol. The number of fused-ring (bicyclic) bond motifs is 2. The number of hydrogen-bond donors (Lipinski definition) is 0. The van der Waals surface area contributed by atoms with Gasteiger partial charge in [-0.2, -0.15) is 0 Å². The summed E-state index contributed by atoms with van der Waals surface area (Å²) in [6.07, 6.45) is 7.32. The first-order valence-electron chi connectivity index (χ1n) is 6.77. The molecule has 3 atom stereocenters. The van der Waals surface area contributed by atoms with Gasteiger partial charge >= 0.3 is 5.97 Å². The zero-order valence-corrected chi connectivity index (χ0v) is 10.9. The van der Waals surface area contributed by atoms with Crippen LogP contribution in [0.15, 0.2) is 36.4 Å². The second kappa shape index (κ2) is 5.07. The molecule has 0 radical (unpaired) electrons. The van der Waals surface area contributed by atoms with Gasteiger partial charge in [-0.05, 0) is 43.4 Å². The van der Waals surface area contributed by atoms with Gasteiger partial charge < -0.3 is 4.74 Å². The third-order valence-corrected chi connectivity index (χ3v) is 4.11. The Morgan fingerprint density at radius 1 is 1.20 bits per heavy atom. The molecule has 1 fully saturated rings. The van der Waals surface area contributed by atoms with E-state index in [1.165, 1.54) is 30.7 Å². The summed E-state index contributed by atoms with van der Waals surface area (Å²) in [5.74, 6) is 0.654. The molecule has 1 aromatic rings. The van der Waals surface area contributed by atoms with Crippen molar-refractivity contribution in [1.29, 1.82) is 0 Å². The maximum Gasteiger partial charge on any atom is 0.338 e. The number of carbonyl (C=O) groups excluding carboxylic acids is 1. The first-order valence-corrected chi connectivity index (χ1v) is 6.77. The van der Waals surface area contributed by atoms with Gasteiger partial charge in [-0.15, -0.1) is 0 Å². The summed E-state index contributed by atoms with van der Waals surface area (Å²) in [5.41, 5.74) is 0.321. The second-order valence-electron chi connectivity index (χ2n) is 5.39. The monoisotopic (exact) mass is 273 g/mol. The Morgan fingerprint density at radius 3 is 2.65 bits per heavy atom. The van der Waals surface area contributed by atoms with Gasteiger partial charge in [0.15, 0.2) is 0 Å². The summed E-state index contributed by atoms with van der Waals surface area (Å²) in [7, 11) is 0. The van der Waals surface area contributed by atoms with Gasteiger partial charge in [-0.1, -0.05) is 6.08 Å². The molecule has 0 saturated heterocycles. The number of ether oxygens (including phenoxy) is 1. The lowest BCUT2D eigenvalue weighted by Gasteiger charge is -2.23. The normalized spacial score (nSPS) is 27.3.